The van der Waals surface area contributed by atoms with E-state index < -0.39 is 0 Å². The lowest BCUT2D eigenvalue weighted by molar-refractivity contribution is 0.409. The summed E-state index contributed by atoms with van der Waals surface area (Å²) in [5.74, 6) is 2.00. The summed E-state index contributed by atoms with van der Waals surface area (Å²) in [7, 11) is 0. The van der Waals surface area contributed by atoms with Crippen LogP contribution < -0.4 is 0 Å². The van der Waals surface area contributed by atoms with Crippen LogP contribution in [0.4, 0.5) is 0 Å². The molecule has 0 saturated carbocycles. The molecular formula is C14H15BrN2. The van der Waals surface area contributed by atoms with Gasteiger partial charge in [-0.1, -0.05) is 35.0 Å². The van der Waals surface area contributed by atoms with E-state index in [1.807, 2.05) is 0 Å². The van der Waals surface area contributed by atoms with Gasteiger partial charge in [-0.25, -0.2) is 4.98 Å². The number of imidazole rings is 1. The Balaban J connectivity index is 1.97. The summed E-state index contributed by atoms with van der Waals surface area (Å²) in [5.41, 5.74) is 2.30. The summed E-state index contributed by atoms with van der Waals surface area (Å²) >= 11 is 3.46. The van der Waals surface area contributed by atoms with E-state index in [9.17, 15) is 0 Å². The first-order valence-corrected chi connectivity index (χ1v) is 6.83. The number of benzene rings is 1. The third kappa shape index (κ3) is 2.16. The molecule has 0 spiro atoms. The van der Waals surface area contributed by atoms with Gasteiger partial charge in [0.1, 0.15) is 5.82 Å². The van der Waals surface area contributed by atoms with Crippen molar-refractivity contribution in [3.05, 3.63) is 40.8 Å². The number of nitrogens with zero attached hydrogens (tertiary/aromatic N) is 2. The van der Waals surface area contributed by atoms with Crippen LogP contribution >= 0.6 is 15.9 Å². The van der Waals surface area contributed by atoms with Crippen LogP contribution in [0.3, 0.4) is 0 Å². The van der Waals surface area contributed by atoms with Crippen LogP contribution in [0.5, 0.6) is 0 Å². The standard InChI is InChI=1S/C14H15BrN2/c1-10-6-7-17-9-13(16-14(17)8-10)11-2-4-12(15)5-3-11/h2-5,9-10H,6-8H2,1H3/t10-/m0/s1. The Labute approximate surface area is 110 Å². The molecule has 0 saturated heterocycles. The molecule has 1 aromatic heterocycles. The molecule has 1 atom stereocenters. The minimum absolute atomic E-state index is 0.766. The van der Waals surface area contributed by atoms with Gasteiger partial charge in [0.15, 0.2) is 0 Å². The quantitative estimate of drug-likeness (QED) is 0.779. The van der Waals surface area contributed by atoms with Gasteiger partial charge in [0.2, 0.25) is 0 Å². The summed E-state index contributed by atoms with van der Waals surface area (Å²) in [6, 6.07) is 8.36. The van der Waals surface area contributed by atoms with Crippen molar-refractivity contribution in [3.8, 4) is 11.3 Å². The monoisotopic (exact) mass is 290 g/mol. The van der Waals surface area contributed by atoms with Crippen LogP contribution in [0.15, 0.2) is 34.9 Å². The van der Waals surface area contributed by atoms with Crippen LogP contribution in [0.1, 0.15) is 19.2 Å². The minimum Gasteiger partial charge on any atom is -0.334 e. The maximum Gasteiger partial charge on any atom is 0.109 e. The molecule has 2 aromatic rings. The third-order valence-corrected chi connectivity index (χ3v) is 3.92. The Morgan fingerprint density at radius 1 is 1.29 bits per heavy atom. The van der Waals surface area contributed by atoms with E-state index in [1.165, 1.54) is 17.8 Å². The largest absolute Gasteiger partial charge is 0.334 e. The Morgan fingerprint density at radius 3 is 2.82 bits per heavy atom. The Bertz CT molecular complexity index is 528. The van der Waals surface area contributed by atoms with E-state index in [2.05, 4.69) is 57.9 Å². The van der Waals surface area contributed by atoms with Crippen molar-refractivity contribution in [2.24, 2.45) is 5.92 Å². The lowest BCUT2D eigenvalue weighted by atomic mass is 10.0. The number of aryl methyl sites for hydroxylation is 1. The predicted molar refractivity (Wildman–Crippen MR) is 72.8 cm³/mol. The van der Waals surface area contributed by atoms with E-state index in [0.29, 0.717) is 0 Å². The van der Waals surface area contributed by atoms with Crippen LogP contribution in [-0.2, 0) is 13.0 Å². The van der Waals surface area contributed by atoms with Crippen LogP contribution in [-0.4, -0.2) is 9.55 Å². The van der Waals surface area contributed by atoms with Gasteiger partial charge in [-0.2, -0.15) is 0 Å². The normalized spacial score (nSPS) is 19.1. The smallest absolute Gasteiger partial charge is 0.109 e. The second-order valence-electron chi connectivity index (χ2n) is 4.84. The molecule has 0 aliphatic carbocycles. The maximum atomic E-state index is 4.75. The highest BCUT2D eigenvalue weighted by Gasteiger charge is 2.17. The van der Waals surface area contributed by atoms with Crippen molar-refractivity contribution < 1.29 is 0 Å². The van der Waals surface area contributed by atoms with Gasteiger partial charge in [0.05, 0.1) is 5.69 Å². The van der Waals surface area contributed by atoms with Gasteiger partial charge in [0, 0.05) is 29.2 Å². The Morgan fingerprint density at radius 2 is 2.06 bits per heavy atom. The van der Waals surface area contributed by atoms with Crippen molar-refractivity contribution in [1.82, 2.24) is 9.55 Å². The first-order chi connectivity index (χ1) is 8.22. The van der Waals surface area contributed by atoms with E-state index in [0.717, 1.165) is 29.1 Å². The lowest BCUT2D eigenvalue weighted by Crippen LogP contribution is -2.16. The van der Waals surface area contributed by atoms with Crippen molar-refractivity contribution >= 4 is 15.9 Å². The molecule has 3 rings (SSSR count). The second kappa shape index (κ2) is 4.30. The first-order valence-electron chi connectivity index (χ1n) is 6.04. The fourth-order valence-electron chi connectivity index (χ4n) is 2.34. The molecule has 0 bridgehead atoms. The average Bonchev–Trinajstić information content (AvgIpc) is 2.72. The number of fused-ring (bicyclic) bond motifs is 1. The highest BCUT2D eigenvalue weighted by Crippen LogP contribution is 2.25. The Kier molecular flexibility index (Phi) is 2.79. The van der Waals surface area contributed by atoms with E-state index >= 15 is 0 Å². The molecule has 1 aromatic carbocycles. The molecule has 0 N–H and O–H groups in total. The number of hydrogen-bond donors (Lipinski definition) is 0. The van der Waals surface area contributed by atoms with Crippen LogP contribution in [0.25, 0.3) is 11.3 Å². The highest BCUT2D eigenvalue weighted by molar-refractivity contribution is 9.10. The van der Waals surface area contributed by atoms with E-state index in [1.54, 1.807) is 0 Å². The van der Waals surface area contributed by atoms with Crippen LogP contribution in [0.2, 0.25) is 0 Å². The molecule has 3 heteroatoms. The minimum atomic E-state index is 0.766. The van der Waals surface area contributed by atoms with Gasteiger partial charge in [-0.15, -0.1) is 0 Å². The molecule has 17 heavy (non-hydrogen) atoms. The molecule has 0 radical (unpaired) electrons. The fourth-order valence-corrected chi connectivity index (χ4v) is 2.61. The lowest BCUT2D eigenvalue weighted by Gasteiger charge is -2.18. The first kappa shape index (κ1) is 11.0. The van der Waals surface area contributed by atoms with Crippen molar-refractivity contribution in [1.29, 1.82) is 0 Å². The summed E-state index contributed by atoms with van der Waals surface area (Å²) in [4.78, 5) is 4.75. The zero-order valence-corrected chi connectivity index (χ0v) is 11.4. The fraction of sp³-hybridized carbons (Fsp3) is 0.357. The zero-order valence-electron chi connectivity index (χ0n) is 9.86. The van der Waals surface area contributed by atoms with Crippen molar-refractivity contribution in [2.75, 3.05) is 0 Å². The molecule has 0 fully saturated rings. The SMILES string of the molecule is C[C@H]1CCn2cc(-c3ccc(Br)cc3)nc2C1. The third-order valence-electron chi connectivity index (χ3n) is 3.39. The highest BCUT2D eigenvalue weighted by atomic mass is 79.9. The van der Waals surface area contributed by atoms with Gasteiger partial charge in [0.25, 0.3) is 0 Å². The molecule has 0 amide bonds. The Hall–Kier alpha value is -1.09. The number of rotatable bonds is 1. The molecular weight excluding hydrogens is 276 g/mol. The van der Waals surface area contributed by atoms with Crippen LogP contribution in [0, 0.1) is 5.92 Å². The van der Waals surface area contributed by atoms with E-state index in [-0.39, 0.29) is 0 Å². The topological polar surface area (TPSA) is 17.8 Å². The summed E-state index contributed by atoms with van der Waals surface area (Å²) in [6.45, 7) is 3.41. The number of hydrogen-bond acceptors (Lipinski definition) is 1. The summed E-state index contributed by atoms with van der Waals surface area (Å²) in [6.07, 6.45) is 4.56. The molecule has 2 heterocycles. The van der Waals surface area contributed by atoms with Gasteiger partial charge < -0.3 is 4.57 Å². The summed E-state index contributed by atoms with van der Waals surface area (Å²) in [5, 5.41) is 0. The second-order valence-corrected chi connectivity index (χ2v) is 5.76. The molecule has 88 valence electrons. The van der Waals surface area contributed by atoms with E-state index in [4.69, 9.17) is 4.98 Å². The molecule has 1 aliphatic heterocycles. The average molecular weight is 291 g/mol. The maximum absolute atomic E-state index is 4.75. The van der Waals surface area contributed by atoms with Crippen molar-refractivity contribution in [2.45, 2.75) is 26.3 Å². The molecule has 2 nitrogen and oxygen atoms in total. The number of halogens is 1. The van der Waals surface area contributed by atoms with Gasteiger partial charge in [-0.3, -0.25) is 0 Å². The zero-order chi connectivity index (χ0) is 11.8. The predicted octanol–water partition coefficient (Wildman–Crippen LogP) is 3.89. The number of aromatic nitrogens is 2. The molecule has 0 unspecified atom stereocenters. The van der Waals surface area contributed by atoms with Gasteiger partial charge in [-0.05, 0) is 24.5 Å². The molecule has 1 aliphatic rings. The van der Waals surface area contributed by atoms with Gasteiger partial charge >= 0.3 is 0 Å². The summed E-state index contributed by atoms with van der Waals surface area (Å²) < 4.78 is 3.41. The van der Waals surface area contributed by atoms with Crippen molar-refractivity contribution in [3.63, 3.8) is 0 Å².